The number of fused-ring (bicyclic) bond motifs is 1. The summed E-state index contributed by atoms with van der Waals surface area (Å²) in [4.78, 5) is 16.8. The summed E-state index contributed by atoms with van der Waals surface area (Å²) in [5, 5.41) is 4.29. The van der Waals surface area contributed by atoms with E-state index in [-0.39, 0.29) is 5.91 Å². The SMILES string of the molecule is CCSc1ccc(CNC(=O)c2ccc3c(c2)cc(CN2CCC(C)CC2)n3C2CC2)cc1. The highest BCUT2D eigenvalue weighted by Crippen LogP contribution is 2.40. The van der Waals surface area contributed by atoms with Gasteiger partial charge in [-0.3, -0.25) is 9.69 Å². The number of thioether (sulfide) groups is 1. The van der Waals surface area contributed by atoms with Gasteiger partial charge in [-0.1, -0.05) is 26.0 Å². The summed E-state index contributed by atoms with van der Waals surface area (Å²) < 4.78 is 2.55. The fraction of sp³-hybridized carbons (Fsp3) is 0.464. The number of rotatable bonds is 8. The third-order valence-corrected chi connectivity index (χ3v) is 7.94. The van der Waals surface area contributed by atoms with Crippen molar-refractivity contribution in [2.45, 2.75) is 63.6 Å². The van der Waals surface area contributed by atoms with E-state index in [0.29, 0.717) is 12.6 Å². The molecule has 2 aliphatic rings. The van der Waals surface area contributed by atoms with Crippen LogP contribution in [0.3, 0.4) is 0 Å². The van der Waals surface area contributed by atoms with Crippen molar-refractivity contribution in [1.82, 2.24) is 14.8 Å². The molecule has 1 N–H and O–H groups in total. The van der Waals surface area contributed by atoms with E-state index in [1.54, 1.807) is 0 Å². The molecule has 5 heteroatoms. The lowest BCUT2D eigenvalue weighted by atomic mass is 9.99. The van der Waals surface area contributed by atoms with Gasteiger partial charge in [-0.05, 0) is 92.4 Å². The van der Waals surface area contributed by atoms with E-state index in [4.69, 9.17) is 0 Å². The molecule has 1 saturated carbocycles. The molecule has 3 aromatic rings. The number of carbonyl (C=O) groups is 1. The summed E-state index contributed by atoms with van der Waals surface area (Å²) in [6, 6.07) is 17.6. The van der Waals surface area contributed by atoms with E-state index < -0.39 is 0 Å². The molecule has 2 fully saturated rings. The number of likely N-dealkylation sites (tertiary alicyclic amines) is 1. The van der Waals surface area contributed by atoms with Crippen molar-refractivity contribution in [2.75, 3.05) is 18.8 Å². The zero-order valence-corrected chi connectivity index (χ0v) is 20.7. The van der Waals surface area contributed by atoms with E-state index in [1.807, 2.05) is 17.8 Å². The minimum atomic E-state index is -0.00495. The molecule has 0 radical (unpaired) electrons. The second-order valence-electron chi connectivity index (χ2n) is 9.73. The van der Waals surface area contributed by atoms with Crippen LogP contribution in [-0.2, 0) is 13.1 Å². The topological polar surface area (TPSA) is 37.3 Å². The first-order valence-corrected chi connectivity index (χ1v) is 13.5. The van der Waals surface area contributed by atoms with Gasteiger partial charge < -0.3 is 9.88 Å². The molecule has 5 rings (SSSR count). The molecule has 1 aliphatic carbocycles. The monoisotopic (exact) mass is 461 g/mol. The average Bonchev–Trinajstić information content (AvgIpc) is 3.60. The number of benzene rings is 2. The normalized spacial score (nSPS) is 17.5. The molecular formula is C28H35N3OS. The largest absolute Gasteiger partial charge is 0.348 e. The fourth-order valence-electron chi connectivity index (χ4n) is 4.92. The average molecular weight is 462 g/mol. The van der Waals surface area contributed by atoms with Crippen LogP contribution in [0.15, 0.2) is 53.4 Å². The van der Waals surface area contributed by atoms with Gasteiger partial charge in [0.1, 0.15) is 0 Å². The zero-order valence-electron chi connectivity index (χ0n) is 19.8. The minimum absolute atomic E-state index is 0.00495. The molecule has 174 valence electrons. The van der Waals surface area contributed by atoms with Crippen molar-refractivity contribution in [3.8, 4) is 0 Å². The molecule has 2 heterocycles. The maximum absolute atomic E-state index is 12.9. The van der Waals surface area contributed by atoms with Crippen molar-refractivity contribution in [3.05, 3.63) is 65.4 Å². The van der Waals surface area contributed by atoms with Crippen LogP contribution in [0.5, 0.6) is 0 Å². The predicted octanol–water partition coefficient (Wildman–Crippen LogP) is 6.25. The fourth-order valence-corrected chi connectivity index (χ4v) is 5.59. The van der Waals surface area contributed by atoms with Crippen molar-refractivity contribution in [1.29, 1.82) is 0 Å². The Kier molecular flexibility index (Phi) is 6.79. The Morgan fingerprint density at radius 2 is 1.79 bits per heavy atom. The molecule has 4 nitrogen and oxygen atoms in total. The van der Waals surface area contributed by atoms with E-state index in [2.05, 4.69) is 71.1 Å². The van der Waals surface area contributed by atoms with Crippen LogP contribution in [0.4, 0.5) is 0 Å². The smallest absolute Gasteiger partial charge is 0.251 e. The van der Waals surface area contributed by atoms with Crippen LogP contribution < -0.4 is 5.32 Å². The molecule has 1 aromatic heterocycles. The van der Waals surface area contributed by atoms with Crippen LogP contribution in [0.1, 0.15) is 67.2 Å². The molecule has 0 unspecified atom stereocenters. The van der Waals surface area contributed by atoms with Gasteiger partial charge in [0.15, 0.2) is 0 Å². The molecule has 0 atom stereocenters. The first kappa shape index (κ1) is 22.5. The highest BCUT2D eigenvalue weighted by molar-refractivity contribution is 7.99. The van der Waals surface area contributed by atoms with E-state index >= 15 is 0 Å². The molecule has 1 aliphatic heterocycles. The molecular weight excluding hydrogens is 426 g/mol. The van der Waals surface area contributed by atoms with Gasteiger partial charge in [-0.15, -0.1) is 11.8 Å². The Labute approximate surface area is 201 Å². The van der Waals surface area contributed by atoms with Crippen LogP contribution in [0.2, 0.25) is 0 Å². The van der Waals surface area contributed by atoms with Crippen LogP contribution in [0, 0.1) is 5.92 Å². The number of nitrogens with zero attached hydrogens (tertiary/aromatic N) is 2. The van der Waals surface area contributed by atoms with Gasteiger partial charge in [0.2, 0.25) is 0 Å². The standard InChI is InChI=1S/C28H35N3OS/c1-3-33-26-9-4-21(5-10-26)18-29-28(32)22-6-11-27-23(16-22)17-25(31(27)24-7-8-24)19-30-14-12-20(2)13-15-30/h4-6,9-11,16-17,20,24H,3,7-8,12-15,18-19H2,1-2H3,(H,29,32). The minimum Gasteiger partial charge on any atom is -0.348 e. The van der Waals surface area contributed by atoms with Crippen molar-refractivity contribution >= 4 is 28.6 Å². The molecule has 0 bridgehead atoms. The summed E-state index contributed by atoms with van der Waals surface area (Å²) in [7, 11) is 0. The van der Waals surface area contributed by atoms with Crippen molar-refractivity contribution in [2.24, 2.45) is 5.92 Å². The number of piperidine rings is 1. The van der Waals surface area contributed by atoms with E-state index in [0.717, 1.165) is 29.3 Å². The second-order valence-corrected chi connectivity index (χ2v) is 11.1. The van der Waals surface area contributed by atoms with Gasteiger partial charge in [0, 0.05) is 46.2 Å². The van der Waals surface area contributed by atoms with Crippen molar-refractivity contribution in [3.63, 3.8) is 0 Å². The number of aromatic nitrogens is 1. The Hall–Kier alpha value is -2.24. The highest BCUT2D eigenvalue weighted by atomic mass is 32.2. The van der Waals surface area contributed by atoms with Crippen LogP contribution in [-0.4, -0.2) is 34.2 Å². The second kappa shape index (κ2) is 9.94. The molecule has 1 saturated heterocycles. The molecule has 1 amide bonds. The number of hydrogen-bond acceptors (Lipinski definition) is 3. The maximum atomic E-state index is 12.9. The van der Waals surface area contributed by atoms with Gasteiger partial charge in [-0.2, -0.15) is 0 Å². The van der Waals surface area contributed by atoms with Gasteiger partial charge in [0.25, 0.3) is 5.91 Å². The number of nitrogens with one attached hydrogen (secondary N) is 1. The first-order chi connectivity index (χ1) is 16.1. The number of hydrogen-bond donors (Lipinski definition) is 1. The number of carbonyl (C=O) groups excluding carboxylic acids is 1. The third-order valence-electron chi connectivity index (χ3n) is 7.04. The summed E-state index contributed by atoms with van der Waals surface area (Å²) >= 11 is 1.83. The van der Waals surface area contributed by atoms with Gasteiger partial charge in [0.05, 0.1) is 0 Å². The Balaban J connectivity index is 1.29. The Morgan fingerprint density at radius 3 is 2.48 bits per heavy atom. The Bertz CT molecular complexity index is 1110. The summed E-state index contributed by atoms with van der Waals surface area (Å²) in [5.74, 6) is 1.92. The summed E-state index contributed by atoms with van der Waals surface area (Å²) in [5.41, 5.74) is 4.55. The van der Waals surface area contributed by atoms with Crippen LogP contribution in [0.25, 0.3) is 10.9 Å². The molecule has 33 heavy (non-hydrogen) atoms. The Morgan fingerprint density at radius 1 is 1.03 bits per heavy atom. The maximum Gasteiger partial charge on any atom is 0.251 e. The first-order valence-electron chi connectivity index (χ1n) is 12.5. The summed E-state index contributed by atoms with van der Waals surface area (Å²) in [6.45, 7) is 8.48. The third kappa shape index (κ3) is 5.30. The van der Waals surface area contributed by atoms with Crippen molar-refractivity contribution < 1.29 is 4.79 Å². The number of amides is 1. The van der Waals surface area contributed by atoms with Gasteiger partial charge >= 0.3 is 0 Å². The quantitative estimate of drug-likeness (QED) is 0.403. The highest BCUT2D eigenvalue weighted by Gasteiger charge is 2.28. The van der Waals surface area contributed by atoms with E-state index in [1.165, 1.54) is 60.3 Å². The summed E-state index contributed by atoms with van der Waals surface area (Å²) in [6.07, 6.45) is 5.14. The lowest BCUT2D eigenvalue weighted by molar-refractivity contribution is 0.0951. The lowest BCUT2D eigenvalue weighted by Crippen LogP contribution is -2.33. The zero-order chi connectivity index (χ0) is 22.8. The van der Waals surface area contributed by atoms with E-state index in [9.17, 15) is 4.79 Å². The molecule has 0 spiro atoms. The lowest BCUT2D eigenvalue weighted by Gasteiger charge is -2.30. The van der Waals surface area contributed by atoms with Crippen LogP contribution >= 0.6 is 11.8 Å². The predicted molar refractivity (Wildman–Crippen MR) is 138 cm³/mol. The van der Waals surface area contributed by atoms with Gasteiger partial charge in [-0.25, -0.2) is 0 Å². The molecule has 2 aromatic carbocycles.